The van der Waals surface area contributed by atoms with Crippen molar-refractivity contribution in [3.8, 4) is 0 Å². The van der Waals surface area contributed by atoms with Gasteiger partial charge >= 0.3 is 12.3 Å². The lowest BCUT2D eigenvalue weighted by Crippen LogP contribution is -2.50. The molecule has 29 heavy (non-hydrogen) atoms. The number of piperidine rings is 1. The van der Waals surface area contributed by atoms with Crippen molar-refractivity contribution in [2.45, 2.75) is 31.7 Å². The predicted octanol–water partition coefficient (Wildman–Crippen LogP) is 4.94. The molecule has 2 aromatic rings. The van der Waals surface area contributed by atoms with Crippen LogP contribution >= 0.6 is 0 Å². The second kappa shape index (κ2) is 7.97. The number of benzene rings is 2. The van der Waals surface area contributed by atoms with E-state index in [0.717, 1.165) is 42.8 Å². The first kappa shape index (κ1) is 19.6. The van der Waals surface area contributed by atoms with Gasteiger partial charge < -0.3 is 14.5 Å². The van der Waals surface area contributed by atoms with Gasteiger partial charge in [0.2, 0.25) is 0 Å². The van der Waals surface area contributed by atoms with Crippen molar-refractivity contribution < 1.29 is 22.7 Å². The van der Waals surface area contributed by atoms with E-state index in [9.17, 15) is 18.0 Å². The van der Waals surface area contributed by atoms with E-state index < -0.39 is 11.7 Å². The van der Waals surface area contributed by atoms with Gasteiger partial charge in [-0.15, -0.1) is 0 Å². The van der Waals surface area contributed by atoms with Crippen molar-refractivity contribution in [3.05, 3.63) is 65.7 Å². The van der Waals surface area contributed by atoms with Crippen molar-refractivity contribution in [2.24, 2.45) is 5.92 Å². The van der Waals surface area contributed by atoms with Crippen molar-refractivity contribution in [3.63, 3.8) is 0 Å². The molecule has 2 aromatic carbocycles. The Morgan fingerprint density at radius 3 is 2.38 bits per heavy atom. The topological polar surface area (TPSA) is 32.8 Å². The van der Waals surface area contributed by atoms with Crippen LogP contribution < -0.4 is 4.90 Å². The van der Waals surface area contributed by atoms with Crippen LogP contribution in [0.25, 0.3) is 0 Å². The highest BCUT2D eigenvalue weighted by Crippen LogP contribution is 2.37. The number of alkyl halides is 3. The minimum atomic E-state index is -4.34. The summed E-state index contributed by atoms with van der Waals surface area (Å²) in [7, 11) is 0. The zero-order chi connectivity index (χ0) is 20.4. The molecule has 0 spiro atoms. The fourth-order valence-corrected chi connectivity index (χ4v) is 4.28. The normalized spacial score (nSPS) is 21.8. The largest absolute Gasteiger partial charge is 0.445 e. The van der Waals surface area contributed by atoms with Crippen LogP contribution in [-0.2, 0) is 17.5 Å². The van der Waals surface area contributed by atoms with Gasteiger partial charge in [-0.3, -0.25) is 0 Å². The van der Waals surface area contributed by atoms with Gasteiger partial charge in [-0.1, -0.05) is 30.3 Å². The smallest absolute Gasteiger partial charge is 0.416 e. The lowest BCUT2D eigenvalue weighted by Gasteiger charge is -2.38. The van der Waals surface area contributed by atoms with Gasteiger partial charge in [0, 0.05) is 31.4 Å². The van der Waals surface area contributed by atoms with Crippen LogP contribution in [0.15, 0.2) is 54.6 Å². The summed E-state index contributed by atoms with van der Waals surface area (Å²) in [5.41, 5.74) is 1.06. The lowest BCUT2D eigenvalue weighted by molar-refractivity contribution is -0.137. The zero-order valence-corrected chi connectivity index (χ0v) is 15.9. The van der Waals surface area contributed by atoms with Crippen molar-refractivity contribution in [1.29, 1.82) is 0 Å². The summed E-state index contributed by atoms with van der Waals surface area (Å²) in [6, 6.07) is 14.9. The number of hydrogen-bond donors (Lipinski definition) is 0. The number of anilines is 1. The number of likely N-dealkylation sites (tertiary alicyclic amines) is 1. The number of hydrogen-bond acceptors (Lipinski definition) is 3. The molecule has 1 amide bonds. The van der Waals surface area contributed by atoms with Gasteiger partial charge in [-0.25, -0.2) is 4.79 Å². The first-order valence-electron chi connectivity index (χ1n) is 9.81. The SMILES string of the molecule is O=C(OCc1ccccc1)N1CCC2CCN(c3ccc(C(F)(F)F)cc3)C2C1. The van der Waals surface area contributed by atoms with Crippen molar-refractivity contribution in [1.82, 2.24) is 4.90 Å². The zero-order valence-electron chi connectivity index (χ0n) is 15.9. The molecule has 0 radical (unpaired) electrons. The minimum absolute atomic E-state index is 0.102. The molecule has 4 rings (SSSR count). The summed E-state index contributed by atoms with van der Waals surface area (Å²) in [6.45, 7) is 2.19. The first-order valence-corrected chi connectivity index (χ1v) is 9.81. The van der Waals surface area contributed by atoms with Crippen LogP contribution in [0.3, 0.4) is 0 Å². The third-order valence-electron chi connectivity index (χ3n) is 5.85. The summed E-state index contributed by atoms with van der Waals surface area (Å²) in [4.78, 5) is 16.4. The van der Waals surface area contributed by atoms with Crippen molar-refractivity contribution >= 4 is 11.8 Å². The summed E-state index contributed by atoms with van der Waals surface area (Å²) >= 11 is 0. The summed E-state index contributed by atoms with van der Waals surface area (Å²) in [6.07, 6.45) is -2.82. The van der Waals surface area contributed by atoms with Crippen LogP contribution in [0.4, 0.5) is 23.7 Å². The summed E-state index contributed by atoms with van der Waals surface area (Å²) in [5, 5.41) is 0. The average molecular weight is 404 g/mol. The molecule has 7 heteroatoms. The quantitative estimate of drug-likeness (QED) is 0.726. The standard InChI is InChI=1S/C22H23F3N2O2/c23-22(24,25)18-6-8-19(9-7-18)27-13-11-17-10-12-26(14-20(17)27)21(28)29-15-16-4-2-1-3-5-16/h1-9,17,20H,10-15H2. The minimum Gasteiger partial charge on any atom is -0.445 e. The van der Waals surface area contributed by atoms with E-state index >= 15 is 0 Å². The Morgan fingerprint density at radius 1 is 1.00 bits per heavy atom. The predicted molar refractivity (Wildman–Crippen MR) is 104 cm³/mol. The molecule has 0 aliphatic carbocycles. The van der Waals surface area contributed by atoms with Gasteiger partial charge in [0.05, 0.1) is 5.56 Å². The highest BCUT2D eigenvalue weighted by Gasteiger charge is 2.40. The highest BCUT2D eigenvalue weighted by molar-refractivity contribution is 5.68. The van der Waals surface area contributed by atoms with Gasteiger partial charge in [-0.05, 0) is 48.6 Å². The molecule has 0 saturated carbocycles. The fraction of sp³-hybridized carbons (Fsp3) is 0.409. The molecule has 2 unspecified atom stereocenters. The molecule has 2 heterocycles. The van der Waals surface area contributed by atoms with Crippen LogP contribution in [0.1, 0.15) is 24.0 Å². The molecule has 2 aliphatic rings. The number of ether oxygens (including phenoxy) is 1. The van der Waals surface area contributed by atoms with E-state index in [4.69, 9.17) is 4.74 Å². The monoisotopic (exact) mass is 404 g/mol. The molecular weight excluding hydrogens is 381 g/mol. The Bertz CT molecular complexity index is 839. The highest BCUT2D eigenvalue weighted by atomic mass is 19.4. The Kier molecular flexibility index (Phi) is 5.39. The molecule has 0 aromatic heterocycles. The molecule has 2 atom stereocenters. The number of fused-ring (bicyclic) bond motifs is 1. The molecular formula is C22H23F3N2O2. The Morgan fingerprint density at radius 2 is 1.69 bits per heavy atom. The third-order valence-corrected chi connectivity index (χ3v) is 5.85. The fourth-order valence-electron chi connectivity index (χ4n) is 4.28. The Hall–Kier alpha value is -2.70. The second-order valence-corrected chi connectivity index (χ2v) is 7.63. The van der Waals surface area contributed by atoms with Gasteiger partial charge in [0.15, 0.2) is 0 Å². The average Bonchev–Trinajstić information content (AvgIpc) is 3.15. The van der Waals surface area contributed by atoms with E-state index in [1.54, 1.807) is 4.90 Å². The second-order valence-electron chi connectivity index (χ2n) is 7.63. The van der Waals surface area contributed by atoms with Crippen LogP contribution in [0.2, 0.25) is 0 Å². The number of amides is 1. The molecule has 4 nitrogen and oxygen atoms in total. The number of rotatable bonds is 3. The summed E-state index contributed by atoms with van der Waals surface area (Å²) < 4.78 is 43.9. The number of carbonyl (C=O) groups is 1. The number of halogens is 3. The van der Waals surface area contributed by atoms with E-state index in [0.29, 0.717) is 19.0 Å². The van der Waals surface area contributed by atoms with E-state index in [1.165, 1.54) is 12.1 Å². The first-order chi connectivity index (χ1) is 13.9. The maximum atomic E-state index is 12.8. The van der Waals surface area contributed by atoms with E-state index in [1.807, 2.05) is 30.3 Å². The molecule has 2 fully saturated rings. The maximum Gasteiger partial charge on any atom is 0.416 e. The summed E-state index contributed by atoms with van der Waals surface area (Å²) in [5.74, 6) is 0.440. The molecule has 2 aliphatic heterocycles. The van der Waals surface area contributed by atoms with Crippen molar-refractivity contribution in [2.75, 3.05) is 24.5 Å². The van der Waals surface area contributed by atoms with Crippen LogP contribution in [-0.4, -0.2) is 36.7 Å². The maximum absolute atomic E-state index is 12.8. The third kappa shape index (κ3) is 4.33. The number of nitrogens with zero attached hydrogens (tertiary/aromatic N) is 2. The lowest BCUT2D eigenvalue weighted by atomic mass is 9.92. The number of carbonyl (C=O) groups excluding carboxylic acids is 1. The van der Waals surface area contributed by atoms with Gasteiger partial charge in [-0.2, -0.15) is 13.2 Å². The molecule has 154 valence electrons. The van der Waals surface area contributed by atoms with Gasteiger partial charge in [0.1, 0.15) is 6.61 Å². The molecule has 0 bridgehead atoms. The molecule has 2 saturated heterocycles. The Labute approximate surface area is 167 Å². The van der Waals surface area contributed by atoms with E-state index in [-0.39, 0.29) is 18.7 Å². The van der Waals surface area contributed by atoms with Gasteiger partial charge in [0.25, 0.3) is 0 Å². The molecule has 0 N–H and O–H groups in total. The van der Waals surface area contributed by atoms with Crippen LogP contribution in [0, 0.1) is 5.92 Å². The Balaban J connectivity index is 1.40. The van der Waals surface area contributed by atoms with Crippen LogP contribution in [0.5, 0.6) is 0 Å². The van der Waals surface area contributed by atoms with E-state index in [2.05, 4.69) is 4.90 Å².